The average molecular weight is 370 g/mol. The molecule has 3 aliphatic heterocycles. The number of hydrogen-bond acceptors (Lipinski definition) is 5. The van der Waals surface area contributed by atoms with Crippen molar-refractivity contribution in [2.24, 2.45) is 0 Å². The van der Waals surface area contributed by atoms with Crippen LogP contribution < -0.4 is 16.0 Å². The number of fused-ring (bicyclic) bond motifs is 1. The Labute approximate surface area is 158 Å². The van der Waals surface area contributed by atoms with Gasteiger partial charge in [0.1, 0.15) is 6.04 Å². The third-order valence-electron chi connectivity index (χ3n) is 5.80. The quantitative estimate of drug-likeness (QED) is 0.663. The molecule has 0 radical (unpaired) electrons. The van der Waals surface area contributed by atoms with Gasteiger partial charge in [0.2, 0.25) is 11.8 Å². The largest absolute Gasteiger partial charge is 0.322 e. The summed E-state index contributed by atoms with van der Waals surface area (Å²) in [5.74, 6) is -0.743. The fraction of sp³-hybridized carbons (Fsp3) is 0.550. The minimum Gasteiger partial charge on any atom is -0.322 e. The fourth-order valence-electron chi connectivity index (χ4n) is 4.29. The van der Waals surface area contributed by atoms with Crippen molar-refractivity contribution >= 4 is 17.7 Å². The topological polar surface area (TPSA) is 90.5 Å². The number of imide groups is 1. The van der Waals surface area contributed by atoms with Crippen molar-refractivity contribution in [3.05, 3.63) is 34.9 Å². The summed E-state index contributed by atoms with van der Waals surface area (Å²) in [4.78, 5) is 38.0. The molecule has 7 nitrogen and oxygen atoms in total. The number of piperidine rings is 2. The van der Waals surface area contributed by atoms with E-state index in [1.165, 1.54) is 19.3 Å². The maximum atomic E-state index is 12.8. The predicted molar refractivity (Wildman–Crippen MR) is 99.8 cm³/mol. The molecular formula is C20H26N4O3. The van der Waals surface area contributed by atoms with Crippen molar-refractivity contribution in [1.29, 1.82) is 0 Å². The fourth-order valence-corrected chi connectivity index (χ4v) is 4.29. The normalized spacial score (nSPS) is 25.5. The predicted octanol–water partition coefficient (Wildman–Crippen LogP) is 0.679. The minimum absolute atomic E-state index is 0.115. The first-order valence-corrected chi connectivity index (χ1v) is 9.83. The van der Waals surface area contributed by atoms with E-state index in [4.69, 9.17) is 0 Å². The molecule has 0 bridgehead atoms. The smallest absolute Gasteiger partial charge is 0.255 e. The Kier molecular flexibility index (Phi) is 5.22. The molecule has 0 aliphatic carbocycles. The molecule has 1 aromatic rings. The lowest BCUT2D eigenvalue weighted by atomic mass is 10.0. The highest BCUT2D eigenvalue weighted by Crippen LogP contribution is 2.29. The van der Waals surface area contributed by atoms with Gasteiger partial charge < -0.3 is 15.5 Å². The number of nitrogens with zero attached hydrogens (tertiary/aromatic N) is 1. The van der Waals surface area contributed by atoms with Gasteiger partial charge in [0.25, 0.3) is 5.91 Å². The number of rotatable bonds is 5. The van der Waals surface area contributed by atoms with E-state index in [1.807, 2.05) is 18.2 Å². The summed E-state index contributed by atoms with van der Waals surface area (Å²) in [7, 11) is 0. The Hall–Kier alpha value is -2.25. The molecule has 0 saturated carbocycles. The number of hydrogen-bond donors (Lipinski definition) is 3. The Morgan fingerprint density at radius 2 is 2.04 bits per heavy atom. The van der Waals surface area contributed by atoms with E-state index in [-0.39, 0.29) is 24.1 Å². The zero-order chi connectivity index (χ0) is 18.8. The van der Waals surface area contributed by atoms with Gasteiger partial charge in [-0.1, -0.05) is 18.6 Å². The zero-order valence-electron chi connectivity index (χ0n) is 15.4. The SMILES string of the molecule is O=C1CCC(N2Cc3c(CNC[C@@H]4CCCCN4)cccc3C2=O)C(=O)N1. The van der Waals surface area contributed by atoms with Crippen molar-refractivity contribution in [3.63, 3.8) is 0 Å². The van der Waals surface area contributed by atoms with Crippen LogP contribution >= 0.6 is 0 Å². The van der Waals surface area contributed by atoms with Crippen molar-refractivity contribution in [3.8, 4) is 0 Å². The van der Waals surface area contributed by atoms with Crippen LogP contribution in [-0.4, -0.2) is 47.8 Å². The van der Waals surface area contributed by atoms with Gasteiger partial charge in [-0.05, 0) is 43.0 Å². The van der Waals surface area contributed by atoms with Crippen molar-refractivity contribution in [2.45, 2.75) is 57.3 Å². The highest BCUT2D eigenvalue weighted by atomic mass is 16.2. The van der Waals surface area contributed by atoms with Crippen LogP contribution in [0.5, 0.6) is 0 Å². The van der Waals surface area contributed by atoms with Crippen molar-refractivity contribution in [1.82, 2.24) is 20.9 Å². The van der Waals surface area contributed by atoms with Crippen LogP contribution in [0.3, 0.4) is 0 Å². The third-order valence-corrected chi connectivity index (χ3v) is 5.80. The van der Waals surface area contributed by atoms with Gasteiger partial charge >= 0.3 is 0 Å². The van der Waals surface area contributed by atoms with E-state index in [0.717, 1.165) is 24.2 Å². The highest BCUT2D eigenvalue weighted by Gasteiger charge is 2.39. The number of benzene rings is 1. The number of carbonyl (C=O) groups excluding carboxylic acids is 3. The van der Waals surface area contributed by atoms with E-state index in [0.29, 0.717) is 31.1 Å². The number of carbonyl (C=O) groups is 3. The zero-order valence-corrected chi connectivity index (χ0v) is 15.4. The van der Waals surface area contributed by atoms with Gasteiger partial charge in [0, 0.05) is 37.7 Å². The molecule has 1 unspecified atom stereocenters. The molecule has 7 heteroatoms. The standard InChI is InChI=1S/C20H26N4O3/c25-18-8-7-17(19(26)23-18)24-12-16-13(4-3-6-15(16)20(24)27)10-21-11-14-5-1-2-9-22-14/h3-4,6,14,17,21-22H,1-2,5,7-12H2,(H,23,25,26)/t14-,17?/m0/s1. The Morgan fingerprint density at radius 1 is 1.15 bits per heavy atom. The van der Waals surface area contributed by atoms with Gasteiger partial charge in [-0.15, -0.1) is 0 Å². The summed E-state index contributed by atoms with van der Waals surface area (Å²) in [6, 6.07) is 5.73. The van der Waals surface area contributed by atoms with Crippen LogP contribution in [-0.2, 0) is 22.7 Å². The summed E-state index contributed by atoms with van der Waals surface area (Å²) < 4.78 is 0. The van der Waals surface area contributed by atoms with Crippen molar-refractivity contribution < 1.29 is 14.4 Å². The van der Waals surface area contributed by atoms with E-state index in [1.54, 1.807) is 4.90 Å². The lowest BCUT2D eigenvalue weighted by Crippen LogP contribution is -2.52. The summed E-state index contributed by atoms with van der Waals surface area (Å²) in [6.07, 6.45) is 4.39. The van der Waals surface area contributed by atoms with E-state index >= 15 is 0 Å². The summed E-state index contributed by atoms with van der Waals surface area (Å²) in [5, 5.41) is 9.38. The first-order valence-electron chi connectivity index (χ1n) is 9.83. The van der Waals surface area contributed by atoms with Crippen LogP contribution in [0.15, 0.2) is 18.2 Å². The average Bonchev–Trinajstić information content (AvgIpc) is 3.00. The van der Waals surface area contributed by atoms with Crippen LogP contribution in [0.2, 0.25) is 0 Å². The first-order chi connectivity index (χ1) is 13.1. The molecule has 2 atom stereocenters. The van der Waals surface area contributed by atoms with Crippen molar-refractivity contribution in [2.75, 3.05) is 13.1 Å². The second kappa shape index (κ2) is 7.78. The van der Waals surface area contributed by atoms with Crippen LogP contribution in [0.25, 0.3) is 0 Å². The molecule has 3 aliphatic rings. The molecule has 4 rings (SSSR count). The Bertz CT molecular complexity index is 758. The molecular weight excluding hydrogens is 344 g/mol. The molecule has 0 spiro atoms. The van der Waals surface area contributed by atoms with Gasteiger partial charge in [-0.25, -0.2) is 0 Å². The van der Waals surface area contributed by atoms with Gasteiger partial charge in [0.05, 0.1) is 0 Å². The molecule has 1 aromatic carbocycles. The van der Waals surface area contributed by atoms with E-state index < -0.39 is 6.04 Å². The summed E-state index contributed by atoms with van der Waals surface area (Å²) >= 11 is 0. The van der Waals surface area contributed by atoms with Gasteiger partial charge in [-0.3, -0.25) is 19.7 Å². The van der Waals surface area contributed by atoms with Gasteiger partial charge in [-0.2, -0.15) is 0 Å². The van der Waals surface area contributed by atoms with Crippen LogP contribution in [0.1, 0.15) is 53.6 Å². The molecule has 2 saturated heterocycles. The van der Waals surface area contributed by atoms with E-state index in [2.05, 4.69) is 16.0 Å². The molecule has 27 heavy (non-hydrogen) atoms. The molecule has 3 amide bonds. The second-order valence-electron chi connectivity index (χ2n) is 7.62. The third kappa shape index (κ3) is 3.75. The maximum absolute atomic E-state index is 12.8. The molecule has 3 N–H and O–H groups in total. The molecule has 3 heterocycles. The Morgan fingerprint density at radius 3 is 2.81 bits per heavy atom. The summed E-state index contributed by atoms with van der Waals surface area (Å²) in [6.45, 7) is 3.13. The lowest BCUT2D eigenvalue weighted by Gasteiger charge is -2.29. The van der Waals surface area contributed by atoms with E-state index in [9.17, 15) is 14.4 Å². The molecule has 2 fully saturated rings. The Balaban J connectivity index is 1.42. The maximum Gasteiger partial charge on any atom is 0.255 e. The van der Waals surface area contributed by atoms with Gasteiger partial charge in [0.15, 0.2) is 0 Å². The first kappa shape index (κ1) is 18.1. The summed E-state index contributed by atoms with van der Waals surface area (Å²) in [5.41, 5.74) is 2.78. The number of nitrogens with one attached hydrogen (secondary N) is 3. The number of amides is 3. The van der Waals surface area contributed by atoms with Crippen LogP contribution in [0.4, 0.5) is 0 Å². The molecule has 0 aromatic heterocycles. The highest BCUT2D eigenvalue weighted by molar-refractivity contribution is 6.05. The lowest BCUT2D eigenvalue weighted by molar-refractivity contribution is -0.136. The van der Waals surface area contributed by atoms with Crippen LogP contribution in [0, 0.1) is 0 Å². The second-order valence-corrected chi connectivity index (χ2v) is 7.62. The minimum atomic E-state index is -0.560. The molecule has 144 valence electrons. The monoisotopic (exact) mass is 370 g/mol.